The van der Waals surface area contributed by atoms with Crippen LogP contribution >= 0.6 is 11.6 Å². The van der Waals surface area contributed by atoms with Gasteiger partial charge in [0.25, 0.3) is 0 Å². The van der Waals surface area contributed by atoms with Crippen LogP contribution in [0.2, 0.25) is 5.28 Å². The van der Waals surface area contributed by atoms with Crippen molar-refractivity contribution >= 4 is 27.4 Å². The highest BCUT2D eigenvalue weighted by atomic mass is 35.5. The summed E-state index contributed by atoms with van der Waals surface area (Å²) in [5.74, 6) is -0.112. The Hall–Kier alpha value is -2.17. The fourth-order valence-corrected chi connectivity index (χ4v) is 2.77. The first kappa shape index (κ1) is 14.2. The number of rotatable bonds is 4. The van der Waals surface area contributed by atoms with E-state index in [1.807, 2.05) is 6.07 Å². The van der Waals surface area contributed by atoms with Crippen molar-refractivity contribution in [1.29, 1.82) is 5.26 Å². The highest BCUT2D eigenvalue weighted by molar-refractivity contribution is 7.91. The van der Waals surface area contributed by atoms with E-state index in [1.165, 1.54) is 12.3 Å². The van der Waals surface area contributed by atoms with Gasteiger partial charge in [0.05, 0.1) is 17.4 Å². The van der Waals surface area contributed by atoms with Crippen LogP contribution in [0.4, 0.5) is 5.82 Å². The highest BCUT2D eigenvalue weighted by Crippen LogP contribution is 2.12. The lowest BCUT2D eigenvalue weighted by molar-refractivity contribution is 0.600. The van der Waals surface area contributed by atoms with Gasteiger partial charge in [-0.1, -0.05) is 12.1 Å². The van der Waals surface area contributed by atoms with Crippen LogP contribution in [-0.2, 0) is 15.8 Å². The Kier molecular flexibility index (Phi) is 4.17. The summed E-state index contributed by atoms with van der Waals surface area (Å²) in [7, 11) is -3.61. The van der Waals surface area contributed by atoms with Crippen molar-refractivity contribution < 1.29 is 8.42 Å². The van der Waals surface area contributed by atoms with E-state index < -0.39 is 10.0 Å². The molecule has 1 N–H and O–H groups in total. The molecule has 0 fully saturated rings. The first-order valence-corrected chi connectivity index (χ1v) is 7.49. The number of aromatic nitrogens is 2. The second kappa shape index (κ2) is 5.86. The summed E-state index contributed by atoms with van der Waals surface area (Å²) in [5.41, 5.74) is 1.04. The second-order valence-electron chi connectivity index (χ2n) is 3.88. The van der Waals surface area contributed by atoms with Gasteiger partial charge in [-0.25, -0.2) is 13.4 Å². The summed E-state index contributed by atoms with van der Waals surface area (Å²) >= 11 is 5.58. The Bertz CT molecular complexity index is 754. The predicted octanol–water partition coefficient (Wildman–Crippen LogP) is 1.94. The van der Waals surface area contributed by atoms with Crippen LogP contribution in [0.3, 0.4) is 0 Å². The Morgan fingerprint density at radius 3 is 2.55 bits per heavy atom. The van der Waals surface area contributed by atoms with Gasteiger partial charge >= 0.3 is 0 Å². The second-order valence-corrected chi connectivity index (χ2v) is 5.94. The van der Waals surface area contributed by atoms with E-state index in [1.54, 1.807) is 24.3 Å². The topological polar surface area (TPSA) is 95.7 Å². The molecule has 0 amide bonds. The average molecular weight is 309 g/mol. The molecular formula is C12H9ClN4O2S. The smallest absolute Gasteiger partial charge is 0.238 e. The van der Waals surface area contributed by atoms with Crippen molar-refractivity contribution in [3.05, 3.63) is 52.9 Å². The van der Waals surface area contributed by atoms with E-state index >= 15 is 0 Å². The van der Waals surface area contributed by atoms with Crippen LogP contribution in [0.15, 0.2) is 36.5 Å². The number of halogens is 1. The van der Waals surface area contributed by atoms with Gasteiger partial charge < -0.3 is 0 Å². The first-order chi connectivity index (χ1) is 9.48. The zero-order valence-electron chi connectivity index (χ0n) is 10.1. The standard InChI is InChI=1S/C12H9ClN4O2S/c13-12-15-6-5-11(16-12)17-20(18,19)8-10-3-1-9(7-14)2-4-10/h1-6H,8H2,(H,15,16,17). The quantitative estimate of drug-likeness (QED) is 0.871. The lowest BCUT2D eigenvalue weighted by Gasteiger charge is -2.07. The zero-order valence-corrected chi connectivity index (χ0v) is 11.7. The molecule has 1 heterocycles. The van der Waals surface area contributed by atoms with E-state index in [0.29, 0.717) is 11.1 Å². The molecule has 0 spiro atoms. The van der Waals surface area contributed by atoms with Crippen molar-refractivity contribution in [2.24, 2.45) is 0 Å². The number of hydrogen-bond acceptors (Lipinski definition) is 5. The maximum atomic E-state index is 12.0. The molecule has 0 bridgehead atoms. The minimum atomic E-state index is -3.61. The van der Waals surface area contributed by atoms with Gasteiger partial charge in [-0.3, -0.25) is 4.72 Å². The van der Waals surface area contributed by atoms with Crippen molar-refractivity contribution in [3.63, 3.8) is 0 Å². The maximum absolute atomic E-state index is 12.0. The molecule has 0 radical (unpaired) electrons. The zero-order chi connectivity index (χ0) is 14.6. The largest absolute Gasteiger partial charge is 0.267 e. The first-order valence-electron chi connectivity index (χ1n) is 5.46. The van der Waals surface area contributed by atoms with Gasteiger partial charge in [0.2, 0.25) is 15.3 Å². The van der Waals surface area contributed by atoms with Crippen LogP contribution in [0.1, 0.15) is 11.1 Å². The molecule has 0 unspecified atom stereocenters. The van der Waals surface area contributed by atoms with Crippen LogP contribution in [0.5, 0.6) is 0 Å². The van der Waals surface area contributed by atoms with Crippen LogP contribution in [0, 0.1) is 11.3 Å². The van der Waals surface area contributed by atoms with Gasteiger partial charge in [-0.2, -0.15) is 10.2 Å². The van der Waals surface area contributed by atoms with E-state index in [4.69, 9.17) is 16.9 Å². The monoisotopic (exact) mass is 308 g/mol. The predicted molar refractivity (Wildman–Crippen MR) is 74.4 cm³/mol. The third-order valence-electron chi connectivity index (χ3n) is 2.33. The minimum absolute atomic E-state index is 0.0384. The van der Waals surface area contributed by atoms with Gasteiger partial charge in [-0.15, -0.1) is 0 Å². The molecule has 0 aliphatic rings. The summed E-state index contributed by atoms with van der Waals surface area (Å²) in [6.45, 7) is 0. The van der Waals surface area contributed by atoms with Crippen LogP contribution < -0.4 is 4.72 Å². The summed E-state index contributed by atoms with van der Waals surface area (Å²) in [6.07, 6.45) is 1.36. The summed E-state index contributed by atoms with van der Waals surface area (Å²) in [4.78, 5) is 7.41. The number of hydrogen-bond donors (Lipinski definition) is 1. The lowest BCUT2D eigenvalue weighted by atomic mass is 10.2. The number of anilines is 1. The molecule has 102 valence electrons. The fourth-order valence-electron chi connectivity index (χ4n) is 1.48. The van der Waals surface area contributed by atoms with Crippen molar-refractivity contribution in [3.8, 4) is 6.07 Å². The maximum Gasteiger partial charge on any atom is 0.238 e. The van der Waals surface area contributed by atoms with Crippen molar-refractivity contribution in [2.45, 2.75) is 5.75 Å². The Morgan fingerprint density at radius 2 is 1.95 bits per heavy atom. The van der Waals surface area contributed by atoms with Crippen molar-refractivity contribution in [1.82, 2.24) is 9.97 Å². The molecule has 20 heavy (non-hydrogen) atoms. The molecule has 2 aromatic rings. The lowest BCUT2D eigenvalue weighted by Crippen LogP contribution is -2.16. The van der Waals surface area contributed by atoms with Gasteiger partial charge in [0.1, 0.15) is 5.82 Å². The Labute approximate surface area is 121 Å². The average Bonchev–Trinajstić information content (AvgIpc) is 2.38. The number of nitrogens with zero attached hydrogens (tertiary/aromatic N) is 3. The molecule has 0 saturated carbocycles. The Morgan fingerprint density at radius 1 is 1.25 bits per heavy atom. The van der Waals surface area contributed by atoms with Crippen molar-refractivity contribution in [2.75, 3.05) is 4.72 Å². The molecule has 8 heteroatoms. The summed E-state index contributed by atoms with van der Waals surface area (Å²) in [5, 5.41) is 8.64. The minimum Gasteiger partial charge on any atom is -0.267 e. The molecule has 1 aromatic carbocycles. The van der Waals surface area contributed by atoms with E-state index in [9.17, 15) is 8.42 Å². The van der Waals surface area contributed by atoms with E-state index in [0.717, 1.165) is 0 Å². The summed E-state index contributed by atoms with van der Waals surface area (Å²) in [6, 6.07) is 9.67. The molecule has 0 saturated heterocycles. The molecule has 0 atom stereocenters. The third-order valence-corrected chi connectivity index (χ3v) is 3.74. The van der Waals surface area contributed by atoms with Gasteiger partial charge in [0, 0.05) is 6.20 Å². The molecule has 0 aliphatic carbocycles. The third kappa shape index (κ3) is 3.91. The van der Waals surface area contributed by atoms with E-state index in [2.05, 4.69) is 14.7 Å². The number of nitriles is 1. The van der Waals surface area contributed by atoms with Gasteiger partial charge in [-0.05, 0) is 35.4 Å². The highest BCUT2D eigenvalue weighted by Gasteiger charge is 2.12. The van der Waals surface area contributed by atoms with Gasteiger partial charge in [0.15, 0.2) is 0 Å². The molecule has 0 aliphatic heterocycles. The number of sulfonamides is 1. The SMILES string of the molecule is N#Cc1ccc(CS(=O)(=O)Nc2ccnc(Cl)n2)cc1. The summed E-state index contributed by atoms with van der Waals surface area (Å²) < 4.78 is 26.2. The Balaban J connectivity index is 2.13. The number of benzene rings is 1. The molecular weight excluding hydrogens is 300 g/mol. The molecule has 2 rings (SSSR count). The molecule has 6 nitrogen and oxygen atoms in total. The molecule has 1 aromatic heterocycles. The van der Waals surface area contributed by atoms with Crippen LogP contribution in [0.25, 0.3) is 0 Å². The van der Waals surface area contributed by atoms with Crippen LogP contribution in [-0.4, -0.2) is 18.4 Å². The normalized spacial score (nSPS) is 10.8. The number of nitrogens with one attached hydrogen (secondary N) is 1. The fraction of sp³-hybridized carbons (Fsp3) is 0.0833. The van der Waals surface area contributed by atoms with E-state index in [-0.39, 0.29) is 16.9 Å².